The summed E-state index contributed by atoms with van der Waals surface area (Å²) < 4.78 is 17.5. The van der Waals surface area contributed by atoms with E-state index in [1.165, 1.54) is 7.11 Å². The summed E-state index contributed by atoms with van der Waals surface area (Å²) in [5.74, 6) is 1.62. The van der Waals surface area contributed by atoms with Crippen molar-refractivity contribution in [3.8, 4) is 22.8 Å². The number of amides is 1. The average molecular weight is 501 g/mol. The molecular formula is C27H28N6O4. The smallest absolute Gasteiger partial charge is 0.251 e. The molecule has 3 heterocycles. The minimum atomic E-state index is -0.508. The summed E-state index contributed by atoms with van der Waals surface area (Å²) in [6.07, 6.45) is 1.88. The molecule has 0 aliphatic carbocycles. The fourth-order valence-corrected chi connectivity index (χ4v) is 4.06. The van der Waals surface area contributed by atoms with E-state index in [2.05, 4.69) is 20.6 Å². The summed E-state index contributed by atoms with van der Waals surface area (Å²) in [5.41, 5.74) is 4.47. The van der Waals surface area contributed by atoms with E-state index in [0.29, 0.717) is 45.9 Å². The monoisotopic (exact) mass is 500 g/mol. The molecule has 0 spiro atoms. The van der Waals surface area contributed by atoms with Crippen molar-refractivity contribution >= 4 is 39.7 Å². The summed E-state index contributed by atoms with van der Waals surface area (Å²) in [7, 11) is 3.12. The lowest BCUT2D eigenvalue weighted by Gasteiger charge is -2.21. The van der Waals surface area contributed by atoms with Gasteiger partial charge in [0.15, 0.2) is 11.5 Å². The van der Waals surface area contributed by atoms with Crippen LogP contribution in [0.5, 0.6) is 11.6 Å². The molecule has 0 fully saturated rings. The first-order valence-corrected chi connectivity index (χ1v) is 11.8. The van der Waals surface area contributed by atoms with Crippen molar-refractivity contribution in [2.45, 2.75) is 33.3 Å². The van der Waals surface area contributed by atoms with E-state index in [1.54, 1.807) is 25.2 Å². The van der Waals surface area contributed by atoms with Crippen LogP contribution in [0.1, 0.15) is 37.0 Å². The number of benzene rings is 2. The number of hydrogen-bond acceptors (Lipinski definition) is 8. The molecule has 5 aromatic rings. The number of oxazole rings is 1. The van der Waals surface area contributed by atoms with Gasteiger partial charge < -0.3 is 29.5 Å². The highest BCUT2D eigenvalue weighted by molar-refractivity contribution is 5.99. The molecule has 0 aliphatic heterocycles. The van der Waals surface area contributed by atoms with Crippen LogP contribution in [0.15, 0.2) is 47.0 Å². The molecule has 0 saturated carbocycles. The van der Waals surface area contributed by atoms with Gasteiger partial charge in [0.1, 0.15) is 22.5 Å². The van der Waals surface area contributed by atoms with Crippen LogP contribution in [0, 0.1) is 6.92 Å². The number of aromatic amines is 1. The molecule has 0 aliphatic rings. The number of carbonyl (C=O) groups is 1. The number of H-pyrrole nitrogens is 1. The molecule has 2 aromatic carbocycles. The summed E-state index contributed by atoms with van der Waals surface area (Å²) in [6, 6.07) is 11.0. The molecule has 0 saturated heterocycles. The van der Waals surface area contributed by atoms with Gasteiger partial charge in [0, 0.05) is 31.3 Å². The Hall–Kier alpha value is -4.60. The summed E-state index contributed by atoms with van der Waals surface area (Å²) in [4.78, 5) is 29.1. The van der Waals surface area contributed by atoms with Crippen LogP contribution in [0.3, 0.4) is 0 Å². The van der Waals surface area contributed by atoms with E-state index < -0.39 is 5.60 Å². The molecular weight excluding hydrogens is 472 g/mol. The van der Waals surface area contributed by atoms with Gasteiger partial charge >= 0.3 is 0 Å². The summed E-state index contributed by atoms with van der Waals surface area (Å²) in [5, 5.41) is 6.56. The number of nitrogens with one attached hydrogen (secondary N) is 3. The lowest BCUT2D eigenvalue weighted by atomic mass is 10.1. The highest BCUT2D eigenvalue weighted by Crippen LogP contribution is 2.38. The van der Waals surface area contributed by atoms with Gasteiger partial charge in [-0.15, -0.1) is 0 Å². The Bertz CT molecular complexity index is 1630. The van der Waals surface area contributed by atoms with Crippen molar-refractivity contribution in [1.29, 1.82) is 0 Å². The third-order valence-corrected chi connectivity index (χ3v) is 5.64. The minimum Gasteiger partial charge on any atom is -0.495 e. The molecule has 10 heteroatoms. The van der Waals surface area contributed by atoms with E-state index >= 15 is 0 Å². The zero-order valence-corrected chi connectivity index (χ0v) is 21.5. The maximum Gasteiger partial charge on any atom is 0.251 e. The molecule has 0 radical (unpaired) electrons. The fraction of sp³-hybridized carbons (Fsp3) is 0.259. The van der Waals surface area contributed by atoms with Crippen LogP contribution in [-0.2, 0) is 0 Å². The predicted octanol–water partition coefficient (Wildman–Crippen LogP) is 5.36. The number of fused-ring (bicyclic) bond motifs is 2. The molecule has 0 unspecified atom stereocenters. The number of hydrogen-bond donors (Lipinski definition) is 3. The fourth-order valence-electron chi connectivity index (χ4n) is 4.06. The molecule has 3 N–H and O–H groups in total. The third kappa shape index (κ3) is 4.77. The highest BCUT2D eigenvalue weighted by Gasteiger charge is 2.22. The maximum atomic E-state index is 12.0. The minimum absolute atomic E-state index is 0.207. The first-order chi connectivity index (χ1) is 17.6. The Morgan fingerprint density at radius 2 is 1.89 bits per heavy atom. The quantitative estimate of drug-likeness (QED) is 0.284. The van der Waals surface area contributed by atoms with Crippen LogP contribution < -0.4 is 20.1 Å². The third-order valence-electron chi connectivity index (χ3n) is 5.64. The van der Waals surface area contributed by atoms with Gasteiger partial charge in [-0.3, -0.25) is 4.79 Å². The van der Waals surface area contributed by atoms with Gasteiger partial charge in [-0.25, -0.2) is 4.98 Å². The Morgan fingerprint density at radius 3 is 2.62 bits per heavy atom. The van der Waals surface area contributed by atoms with Crippen LogP contribution in [0.2, 0.25) is 0 Å². The molecule has 5 rings (SSSR count). The molecule has 3 aromatic heterocycles. The lowest BCUT2D eigenvalue weighted by molar-refractivity contribution is 0.0962. The second-order valence-corrected chi connectivity index (χ2v) is 9.53. The Balaban J connectivity index is 1.60. The summed E-state index contributed by atoms with van der Waals surface area (Å²) in [6.45, 7) is 7.71. The molecule has 0 atom stereocenters. The van der Waals surface area contributed by atoms with Crippen LogP contribution in [0.25, 0.3) is 33.3 Å². The van der Waals surface area contributed by atoms with Gasteiger partial charge in [-0.2, -0.15) is 9.97 Å². The zero-order valence-electron chi connectivity index (χ0n) is 21.5. The predicted molar refractivity (Wildman–Crippen MR) is 142 cm³/mol. The topological polar surface area (TPSA) is 127 Å². The lowest BCUT2D eigenvalue weighted by Crippen LogP contribution is -2.24. The molecule has 190 valence electrons. The Kier molecular flexibility index (Phi) is 5.94. The van der Waals surface area contributed by atoms with Crippen LogP contribution in [0.4, 0.5) is 11.6 Å². The van der Waals surface area contributed by atoms with Gasteiger partial charge in [0.25, 0.3) is 5.91 Å². The average Bonchev–Trinajstić information content (AvgIpc) is 3.45. The van der Waals surface area contributed by atoms with Crippen molar-refractivity contribution in [3.05, 3.63) is 54.0 Å². The Morgan fingerprint density at radius 1 is 1.08 bits per heavy atom. The van der Waals surface area contributed by atoms with Crippen molar-refractivity contribution in [1.82, 2.24) is 25.3 Å². The van der Waals surface area contributed by atoms with E-state index in [4.69, 9.17) is 23.9 Å². The molecule has 37 heavy (non-hydrogen) atoms. The molecule has 1 amide bonds. The first kappa shape index (κ1) is 24.1. The number of rotatable bonds is 6. The number of aryl methyl sites for hydroxylation is 1. The van der Waals surface area contributed by atoms with Gasteiger partial charge in [0.05, 0.1) is 18.2 Å². The highest BCUT2D eigenvalue weighted by atomic mass is 16.5. The van der Waals surface area contributed by atoms with Crippen molar-refractivity contribution in [2.24, 2.45) is 0 Å². The largest absolute Gasteiger partial charge is 0.495 e. The Labute approximate surface area is 213 Å². The number of anilines is 2. The number of ether oxygens (including phenoxy) is 2. The summed E-state index contributed by atoms with van der Waals surface area (Å²) >= 11 is 0. The van der Waals surface area contributed by atoms with E-state index in [0.717, 1.165) is 22.0 Å². The maximum absolute atomic E-state index is 12.0. The number of carbonyl (C=O) groups excluding carboxylic acids is 1. The van der Waals surface area contributed by atoms with Crippen LogP contribution in [-0.4, -0.2) is 45.6 Å². The SMILES string of the molecule is CNC(=O)c1ccc(Nc2nc(OC(C)(C)C)c3c(-c4ccc5nc(C)oc5c4)c[nH]c3n2)c(OC)c1. The van der Waals surface area contributed by atoms with Gasteiger partial charge in [-0.05, 0) is 56.7 Å². The van der Waals surface area contributed by atoms with Crippen molar-refractivity contribution in [2.75, 3.05) is 19.5 Å². The van der Waals surface area contributed by atoms with Gasteiger partial charge in [-0.1, -0.05) is 6.07 Å². The van der Waals surface area contributed by atoms with Crippen molar-refractivity contribution in [3.63, 3.8) is 0 Å². The number of methoxy groups -OCH3 is 1. The zero-order chi connectivity index (χ0) is 26.3. The number of aromatic nitrogens is 4. The first-order valence-electron chi connectivity index (χ1n) is 11.8. The standard InChI is InChI=1S/C27H28N6O4/c1-14-30-19-9-7-15(11-21(19)36-14)17-13-29-23-22(17)25(37-27(2,3)4)33-26(32-23)31-18-10-8-16(24(34)28-5)12-20(18)35-6/h7-13H,1-6H3,(H,28,34)(H2,29,31,32,33). The van der Waals surface area contributed by atoms with E-state index in [1.807, 2.05) is 52.1 Å². The molecule has 0 bridgehead atoms. The second kappa shape index (κ2) is 9.12. The number of nitrogens with zero attached hydrogens (tertiary/aromatic N) is 3. The van der Waals surface area contributed by atoms with Crippen molar-refractivity contribution < 1.29 is 18.7 Å². The van der Waals surface area contributed by atoms with E-state index in [9.17, 15) is 4.79 Å². The molecule has 10 nitrogen and oxygen atoms in total. The normalized spacial score (nSPS) is 11.6. The van der Waals surface area contributed by atoms with Gasteiger partial charge in [0.2, 0.25) is 11.8 Å². The second-order valence-electron chi connectivity index (χ2n) is 9.53. The van der Waals surface area contributed by atoms with Crippen LogP contribution >= 0.6 is 0 Å². The van der Waals surface area contributed by atoms with E-state index in [-0.39, 0.29) is 5.91 Å².